The molecule has 4 nitrogen and oxygen atoms in total. The number of hydrogen-bond donors (Lipinski definition) is 0. The Labute approximate surface area is 178 Å². The normalized spacial score (nSPS) is 18.6. The molecule has 2 amide bonds. The summed E-state index contributed by atoms with van der Waals surface area (Å²) in [4.78, 5) is 29.0. The van der Waals surface area contributed by atoms with Crippen LogP contribution in [0.5, 0.6) is 0 Å². The summed E-state index contributed by atoms with van der Waals surface area (Å²) in [5.41, 5.74) is 2.86. The minimum atomic E-state index is -0.287. The van der Waals surface area contributed by atoms with Gasteiger partial charge in [0.05, 0.1) is 21.5 Å². The second-order valence-electron chi connectivity index (χ2n) is 6.80. The first-order valence-electron chi connectivity index (χ1n) is 9.05. The molecule has 0 atom stereocenters. The minimum absolute atomic E-state index is 0.173. The van der Waals surface area contributed by atoms with Crippen LogP contribution in [0.3, 0.4) is 0 Å². The third kappa shape index (κ3) is 4.07. The second kappa shape index (κ2) is 8.19. The van der Waals surface area contributed by atoms with Gasteiger partial charge in [0.25, 0.3) is 11.1 Å². The monoisotopic (exact) mass is 432 g/mol. The Kier molecular flexibility index (Phi) is 5.67. The van der Waals surface area contributed by atoms with Gasteiger partial charge in [0.2, 0.25) is 0 Å². The molecule has 0 radical (unpaired) electrons. The fraction of sp³-hybridized carbons (Fsp3) is 0.238. The van der Waals surface area contributed by atoms with E-state index in [0.717, 1.165) is 36.0 Å². The lowest BCUT2D eigenvalue weighted by molar-refractivity contribution is -0.123. The maximum atomic E-state index is 12.7. The molecule has 0 bridgehead atoms. The fourth-order valence-corrected chi connectivity index (χ4v) is 4.52. The van der Waals surface area contributed by atoms with Crippen molar-refractivity contribution in [1.29, 1.82) is 0 Å². The summed E-state index contributed by atoms with van der Waals surface area (Å²) in [6, 6.07) is 13.2. The summed E-state index contributed by atoms with van der Waals surface area (Å²) in [6.07, 6.45) is 4.23. The largest absolute Gasteiger partial charge is 0.372 e. The highest BCUT2D eigenvalue weighted by Crippen LogP contribution is 2.34. The molecule has 0 aromatic heterocycles. The molecule has 2 fully saturated rings. The molecule has 28 heavy (non-hydrogen) atoms. The van der Waals surface area contributed by atoms with Crippen molar-refractivity contribution >= 4 is 57.9 Å². The maximum absolute atomic E-state index is 12.7. The number of halogens is 2. The Bertz CT molecular complexity index is 953. The first-order chi connectivity index (χ1) is 13.5. The minimum Gasteiger partial charge on any atom is -0.372 e. The third-order valence-corrected chi connectivity index (χ3v) is 6.51. The SMILES string of the molecule is O=C1SC(=Cc2ccc(N3CCCC3)cc2)C(=O)N1Cc1ccc(Cl)c(Cl)c1. The van der Waals surface area contributed by atoms with Gasteiger partial charge in [-0.1, -0.05) is 41.4 Å². The number of anilines is 1. The van der Waals surface area contributed by atoms with Gasteiger partial charge >= 0.3 is 0 Å². The molecule has 0 spiro atoms. The Morgan fingerprint density at radius 3 is 2.36 bits per heavy atom. The van der Waals surface area contributed by atoms with E-state index in [2.05, 4.69) is 17.0 Å². The Morgan fingerprint density at radius 2 is 1.68 bits per heavy atom. The summed E-state index contributed by atoms with van der Waals surface area (Å²) in [5.74, 6) is -0.287. The maximum Gasteiger partial charge on any atom is 0.293 e. The lowest BCUT2D eigenvalue weighted by Gasteiger charge is -2.17. The van der Waals surface area contributed by atoms with Gasteiger partial charge < -0.3 is 4.90 Å². The predicted molar refractivity (Wildman–Crippen MR) is 116 cm³/mol. The number of carbonyl (C=O) groups is 2. The summed E-state index contributed by atoms with van der Waals surface area (Å²) < 4.78 is 0. The molecule has 2 heterocycles. The van der Waals surface area contributed by atoms with Crippen LogP contribution in [0.4, 0.5) is 10.5 Å². The van der Waals surface area contributed by atoms with E-state index in [-0.39, 0.29) is 17.7 Å². The average molecular weight is 433 g/mol. The van der Waals surface area contributed by atoms with Gasteiger partial charge in [-0.05, 0) is 66.1 Å². The van der Waals surface area contributed by atoms with E-state index < -0.39 is 0 Å². The zero-order chi connectivity index (χ0) is 19.7. The van der Waals surface area contributed by atoms with E-state index in [4.69, 9.17) is 23.2 Å². The van der Waals surface area contributed by atoms with Gasteiger partial charge in [-0.25, -0.2) is 0 Å². The molecular weight excluding hydrogens is 415 g/mol. The molecule has 7 heteroatoms. The average Bonchev–Trinajstić information content (AvgIpc) is 3.30. The van der Waals surface area contributed by atoms with Gasteiger partial charge in [0.1, 0.15) is 0 Å². The highest BCUT2D eigenvalue weighted by atomic mass is 35.5. The summed E-state index contributed by atoms with van der Waals surface area (Å²) >= 11 is 12.9. The third-order valence-electron chi connectivity index (χ3n) is 4.86. The van der Waals surface area contributed by atoms with Crippen LogP contribution in [0, 0.1) is 0 Å². The van der Waals surface area contributed by atoms with Crippen molar-refractivity contribution in [2.75, 3.05) is 18.0 Å². The quantitative estimate of drug-likeness (QED) is 0.569. The van der Waals surface area contributed by atoms with E-state index in [1.807, 2.05) is 12.1 Å². The van der Waals surface area contributed by atoms with Crippen LogP contribution in [0.25, 0.3) is 6.08 Å². The summed E-state index contributed by atoms with van der Waals surface area (Å²) in [7, 11) is 0. The predicted octanol–water partition coefficient (Wildman–Crippen LogP) is 5.83. The van der Waals surface area contributed by atoms with E-state index >= 15 is 0 Å². The Balaban J connectivity index is 1.49. The standard InChI is InChI=1S/C21H18Cl2N2O2S/c22-17-8-5-15(11-18(17)23)13-25-20(26)19(28-21(25)27)12-14-3-6-16(7-4-14)24-9-1-2-10-24/h3-8,11-12H,1-2,9-10,13H2. The zero-order valence-corrected chi connectivity index (χ0v) is 17.4. The van der Waals surface area contributed by atoms with Crippen molar-refractivity contribution in [1.82, 2.24) is 4.90 Å². The fourth-order valence-electron chi connectivity index (χ4n) is 3.36. The Morgan fingerprint density at radius 1 is 0.964 bits per heavy atom. The van der Waals surface area contributed by atoms with Crippen LogP contribution in [-0.2, 0) is 11.3 Å². The number of hydrogen-bond acceptors (Lipinski definition) is 4. The van der Waals surface area contributed by atoms with Gasteiger partial charge in [-0.2, -0.15) is 0 Å². The van der Waals surface area contributed by atoms with E-state index in [9.17, 15) is 9.59 Å². The smallest absolute Gasteiger partial charge is 0.293 e. The topological polar surface area (TPSA) is 40.6 Å². The van der Waals surface area contributed by atoms with Crippen LogP contribution in [0.15, 0.2) is 47.4 Å². The lowest BCUT2D eigenvalue weighted by Crippen LogP contribution is -2.27. The van der Waals surface area contributed by atoms with Crippen LogP contribution >= 0.6 is 35.0 Å². The van der Waals surface area contributed by atoms with Gasteiger partial charge in [-0.3, -0.25) is 14.5 Å². The molecule has 0 N–H and O–H groups in total. The molecule has 0 aliphatic carbocycles. The van der Waals surface area contributed by atoms with Crippen molar-refractivity contribution in [2.45, 2.75) is 19.4 Å². The van der Waals surface area contributed by atoms with Crippen LogP contribution in [0.2, 0.25) is 10.0 Å². The van der Waals surface area contributed by atoms with E-state index in [0.29, 0.717) is 15.0 Å². The van der Waals surface area contributed by atoms with Crippen molar-refractivity contribution in [2.24, 2.45) is 0 Å². The second-order valence-corrected chi connectivity index (χ2v) is 8.61. The number of rotatable bonds is 4. The van der Waals surface area contributed by atoms with Crippen molar-refractivity contribution in [3.05, 3.63) is 68.5 Å². The molecular formula is C21H18Cl2N2O2S. The molecule has 2 aliphatic heterocycles. The molecule has 0 saturated carbocycles. The number of thioether (sulfide) groups is 1. The van der Waals surface area contributed by atoms with Gasteiger partial charge in [0, 0.05) is 18.8 Å². The molecule has 2 aliphatic rings. The highest BCUT2D eigenvalue weighted by molar-refractivity contribution is 8.18. The van der Waals surface area contributed by atoms with Crippen molar-refractivity contribution in [3.8, 4) is 0 Å². The molecule has 2 aromatic rings. The first-order valence-corrected chi connectivity index (χ1v) is 10.6. The molecule has 2 aromatic carbocycles. The highest BCUT2D eigenvalue weighted by Gasteiger charge is 2.35. The van der Waals surface area contributed by atoms with E-state index in [1.54, 1.807) is 24.3 Å². The van der Waals surface area contributed by atoms with Crippen molar-refractivity contribution < 1.29 is 9.59 Å². The van der Waals surface area contributed by atoms with E-state index in [1.165, 1.54) is 23.4 Å². The first kappa shape index (κ1) is 19.4. The van der Waals surface area contributed by atoms with Crippen LogP contribution in [-0.4, -0.2) is 29.1 Å². The number of amides is 2. The van der Waals surface area contributed by atoms with Gasteiger partial charge in [-0.15, -0.1) is 0 Å². The lowest BCUT2D eigenvalue weighted by atomic mass is 10.1. The van der Waals surface area contributed by atoms with Crippen LogP contribution < -0.4 is 4.90 Å². The number of benzene rings is 2. The van der Waals surface area contributed by atoms with Crippen molar-refractivity contribution in [3.63, 3.8) is 0 Å². The molecule has 0 unspecified atom stereocenters. The summed E-state index contributed by atoms with van der Waals surface area (Å²) in [6.45, 7) is 2.35. The zero-order valence-electron chi connectivity index (χ0n) is 15.0. The number of imide groups is 1. The number of carbonyl (C=O) groups excluding carboxylic acids is 2. The number of nitrogens with zero attached hydrogens (tertiary/aromatic N) is 2. The summed E-state index contributed by atoms with van der Waals surface area (Å²) in [5, 5.41) is 0.563. The molecule has 144 valence electrons. The molecule has 2 saturated heterocycles. The van der Waals surface area contributed by atoms with Gasteiger partial charge in [0.15, 0.2) is 0 Å². The van der Waals surface area contributed by atoms with Crippen LogP contribution in [0.1, 0.15) is 24.0 Å². The Hall–Kier alpha value is -1.95. The molecule has 4 rings (SSSR count).